The number of aromatic nitrogens is 2. The Hall–Kier alpha value is -2.48. The van der Waals surface area contributed by atoms with Crippen molar-refractivity contribution in [1.29, 1.82) is 0 Å². The minimum atomic E-state index is -0.565. The molecular formula is C13H18N4O4. The van der Waals surface area contributed by atoms with E-state index in [9.17, 15) is 9.59 Å². The number of methoxy groups -OCH3 is 1. The monoisotopic (exact) mass is 294 g/mol. The molecule has 0 radical (unpaired) electrons. The Kier molecular flexibility index (Phi) is 4.49. The Morgan fingerprint density at radius 1 is 1.52 bits per heavy atom. The predicted octanol–water partition coefficient (Wildman–Crippen LogP) is 0.531. The average Bonchev–Trinajstić information content (AvgIpc) is 2.97. The second-order valence-electron chi connectivity index (χ2n) is 4.55. The number of hydrogen-bond acceptors (Lipinski definition) is 6. The van der Waals surface area contributed by atoms with E-state index in [1.807, 2.05) is 6.92 Å². The third-order valence-corrected chi connectivity index (χ3v) is 3.09. The van der Waals surface area contributed by atoms with E-state index in [4.69, 9.17) is 14.9 Å². The molecule has 8 heteroatoms. The number of anilines is 2. The molecule has 0 aliphatic carbocycles. The zero-order valence-corrected chi connectivity index (χ0v) is 11.9. The smallest absolute Gasteiger partial charge is 0.330 e. The van der Waals surface area contributed by atoms with E-state index in [1.54, 1.807) is 18.4 Å². The number of nitrogens with zero attached hydrogens (tertiary/aromatic N) is 1. The van der Waals surface area contributed by atoms with Crippen molar-refractivity contribution in [2.75, 3.05) is 24.8 Å². The Morgan fingerprint density at radius 3 is 2.90 bits per heavy atom. The van der Waals surface area contributed by atoms with E-state index in [1.165, 1.54) is 11.7 Å². The van der Waals surface area contributed by atoms with Crippen LogP contribution in [-0.2, 0) is 11.3 Å². The highest BCUT2D eigenvalue weighted by molar-refractivity contribution is 5.61. The van der Waals surface area contributed by atoms with Gasteiger partial charge in [0.2, 0.25) is 0 Å². The van der Waals surface area contributed by atoms with Crippen LogP contribution in [0.4, 0.5) is 11.5 Å². The van der Waals surface area contributed by atoms with Crippen LogP contribution >= 0.6 is 0 Å². The number of furan rings is 1. The summed E-state index contributed by atoms with van der Waals surface area (Å²) in [5.74, 6) is 0.725. The molecule has 4 N–H and O–H groups in total. The van der Waals surface area contributed by atoms with Crippen molar-refractivity contribution in [3.05, 3.63) is 45.0 Å². The standard InChI is InChI=1S/C13H18N4O4/c1-8(9-4-3-6-21-9)15-10-11(14)17(5-7-20-2)13(19)16-12(10)18/h3-4,6,8,15H,5,7,14H2,1-2H3,(H,16,18,19). The minimum absolute atomic E-state index is 0.0687. The van der Waals surface area contributed by atoms with Gasteiger partial charge >= 0.3 is 5.69 Å². The van der Waals surface area contributed by atoms with Gasteiger partial charge in [-0.15, -0.1) is 0 Å². The fourth-order valence-corrected chi connectivity index (χ4v) is 1.96. The van der Waals surface area contributed by atoms with Gasteiger partial charge in [-0.3, -0.25) is 14.3 Å². The average molecular weight is 294 g/mol. The molecule has 2 aromatic heterocycles. The Balaban J connectivity index is 2.34. The summed E-state index contributed by atoms with van der Waals surface area (Å²) in [5, 5.41) is 2.96. The molecule has 1 atom stereocenters. The molecule has 0 spiro atoms. The van der Waals surface area contributed by atoms with Crippen LogP contribution in [0.2, 0.25) is 0 Å². The number of nitrogen functional groups attached to an aromatic ring is 1. The first kappa shape index (κ1) is 14.9. The lowest BCUT2D eigenvalue weighted by Crippen LogP contribution is -2.35. The fraction of sp³-hybridized carbons (Fsp3) is 0.385. The Morgan fingerprint density at radius 2 is 2.29 bits per heavy atom. The summed E-state index contributed by atoms with van der Waals surface area (Å²) in [4.78, 5) is 25.9. The van der Waals surface area contributed by atoms with Crippen molar-refractivity contribution in [3.63, 3.8) is 0 Å². The van der Waals surface area contributed by atoms with Crippen LogP contribution in [0.5, 0.6) is 0 Å². The lowest BCUT2D eigenvalue weighted by Gasteiger charge is -2.16. The Labute approximate surface area is 120 Å². The molecule has 0 fully saturated rings. The van der Waals surface area contributed by atoms with Crippen LogP contribution in [0.3, 0.4) is 0 Å². The molecule has 2 aromatic rings. The summed E-state index contributed by atoms with van der Waals surface area (Å²) in [6, 6.07) is 3.26. The lowest BCUT2D eigenvalue weighted by molar-refractivity contribution is 0.186. The van der Waals surface area contributed by atoms with Crippen molar-refractivity contribution < 1.29 is 9.15 Å². The van der Waals surface area contributed by atoms with Gasteiger partial charge in [0.1, 0.15) is 17.3 Å². The predicted molar refractivity (Wildman–Crippen MR) is 78.4 cm³/mol. The molecule has 8 nitrogen and oxygen atoms in total. The molecular weight excluding hydrogens is 276 g/mol. The second-order valence-corrected chi connectivity index (χ2v) is 4.55. The van der Waals surface area contributed by atoms with Gasteiger partial charge in [0.05, 0.1) is 25.5 Å². The summed E-state index contributed by atoms with van der Waals surface area (Å²) >= 11 is 0. The highest BCUT2D eigenvalue weighted by Gasteiger charge is 2.16. The maximum absolute atomic E-state index is 11.9. The first-order valence-electron chi connectivity index (χ1n) is 6.46. The molecule has 1 unspecified atom stereocenters. The van der Waals surface area contributed by atoms with E-state index >= 15 is 0 Å². The molecule has 2 rings (SSSR count). The van der Waals surface area contributed by atoms with Gasteiger partial charge in [-0.05, 0) is 19.1 Å². The maximum Gasteiger partial charge on any atom is 0.330 e. The summed E-state index contributed by atoms with van der Waals surface area (Å²) in [5.41, 5.74) is 4.93. The van der Waals surface area contributed by atoms with Crippen LogP contribution < -0.4 is 22.3 Å². The molecule has 2 heterocycles. The lowest BCUT2D eigenvalue weighted by atomic mass is 10.2. The highest BCUT2D eigenvalue weighted by atomic mass is 16.5. The second kappa shape index (κ2) is 6.31. The largest absolute Gasteiger partial charge is 0.467 e. The maximum atomic E-state index is 11.9. The van der Waals surface area contributed by atoms with Gasteiger partial charge in [0.15, 0.2) is 0 Å². The first-order chi connectivity index (χ1) is 10.0. The molecule has 0 aromatic carbocycles. The SMILES string of the molecule is COCCn1c(N)c(NC(C)c2ccco2)c(=O)[nH]c1=O. The van der Waals surface area contributed by atoms with E-state index in [2.05, 4.69) is 10.3 Å². The van der Waals surface area contributed by atoms with E-state index in [0.29, 0.717) is 12.4 Å². The fourth-order valence-electron chi connectivity index (χ4n) is 1.96. The van der Waals surface area contributed by atoms with Crippen LogP contribution in [-0.4, -0.2) is 23.3 Å². The molecule has 0 saturated heterocycles. The molecule has 0 aliphatic heterocycles. The molecule has 0 bridgehead atoms. The zero-order valence-electron chi connectivity index (χ0n) is 11.9. The third-order valence-electron chi connectivity index (χ3n) is 3.09. The number of nitrogens with one attached hydrogen (secondary N) is 2. The van der Waals surface area contributed by atoms with Gasteiger partial charge in [0, 0.05) is 7.11 Å². The van der Waals surface area contributed by atoms with Gasteiger partial charge in [-0.2, -0.15) is 0 Å². The van der Waals surface area contributed by atoms with Crippen LogP contribution in [0, 0.1) is 0 Å². The summed E-state index contributed by atoms with van der Waals surface area (Å²) in [6.45, 7) is 2.38. The summed E-state index contributed by atoms with van der Waals surface area (Å²) in [6.07, 6.45) is 1.54. The number of ether oxygens (including phenoxy) is 1. The van der Waals surface area contributed by atoms with Gasteiger partial charge in [-0.1, -0.05) is 0 Å². The van der Waals surface area contributed by atoms with Crippen LogP contribution in [0.25, 0.3) is 0 Å². The van der Waals surface area contributed by atoms with Crippen molar-refractivity contribution in [2.45, 2.75) is 19.5 Å². The topological polar surface area (TPSA) is 115 Å². The Bertz CT molecular complexity index is 702. The minimum Gasteiger partial charge on any atom is -0.467 e. The number of H-pyrrole nitrogens is 1. The van der Waals surface area contributed by atoms with E-state index in [-0.39, 0.29) is 24.1 Å². The number of hydrogen-bond donors (Lipinski definition) is 3. The molecule has 114 valence electrons. The molecule has 0 saturated carbocycles. The normalized spacial score (nSPS) is 12.3. The van der Waals surface area contributed by atoms with Crippen molar-refractivity contribution in [2.24, 2.45) is 0 Å². The van der Waals surface area contributed by atoms with Crippen LogP contribution in [0.15, 0.2) is 32.4 Å². The summed E-state index contributed by atoms with van der Waals surface area (Å²) < 4.78 is 11.4. The third kappa shape index (κ3) is 3.16. The number of rotatable bonds is 6. The molecule has 0 amide bonds. The van der Waals surface area contributed by atoms with Crippen molar-refractivity contribution in [1.82, 2.24) is 9.55 Å². The molecule has 21 heavy (non-hydrogen) atoms. The van der Waals surface area contributed by atoms with Crippen LogP contribution in [0.1, 0.15) is 18.7 Å². The number of aromatic amines is 1. The van der Waals surface area contributed by atoms with E-state index in [0.717, 1.165) is 0 Å². The van der Waals surface area contributed by atoms with Gasteiger partial charge in [-0.25, -0.2) is 4.79 Å². The number of nitrogens with two attached hydrogens (primary N) is 1. The van der Waals surface area contributed by atoms with Gasteiger partial charge in [0.25, 0.3) is 5.56 Å². The molecule has 0 aliphatic rings. The quantitative estimate of drug-likeness (QED) is 0.716. The highest BCUT2D eigenvalue weighted by Crippen LogP contribution is 2.20. The zero-order chi connectivity index (χ0) is 15.4. The first-order valence-corrected chi connectivity index (χ1v) is 6.46. The van der Waals surface area contributed by atoms with Gasteiger partial charge < -0.3 is 20.2 Å². The van der Waals surface area contributed by atoms with Crippen molar-refractivity contribution >= 4 is 11.5 Å². The van der Waals surface area contributed by atoms with E-state index < -0.39 is 11.2 Å². The van der Waals surface area contributed by atoms with Crippen molar-refractivity contribution in [3.8, 4) is 0 Å². The summed E-state index contributed by atoms with van der Waals surface area (Å²) in [7, 11) is 1.52.